The summed E-state index contributed by atoms with van der Waals surface area (Å²) < 4.78 is 39.7. The molecule has 1 N–H and O–H groups in total. The summed E-state index contributed by atoms with van der Waals surface area (Å²) >= 11 is 0. The van der Waals surface area contributed by atoms with E-state index in [2.05, 4.69) is 14.9 Å². The highest BCUT2D eigenvalue weighted by Gasteiger charge is 2.36. The number of pyridine rings is 1. The third kappa shape index (κ3) is 3.29. The van der Waals surface area contributed by atoms with E-state index >= 15 is 0 Å². The van der Waals surface area contributed by atoms with E-state index in [1.54, 1.807) is 0 Å². The highest BCUT2D eigenvalue weighted by atomic mass is 19.4. The quantitative estimate of drug-likeness (QED) is 0.909. The Balaban J connectivity index is 1.58. The van der Waals surface area contributed by atoms with Gasteiger partial charge in [-0.2, -0.15) is 13.2 Å². The van der Waals surface area contributed by atoms with Crippen molar-refractivity contribution in [1.82, 2.24) is 19.9 Å². The average Bonchev–Trinajstić information content (AvgIpc) is 3.20. The van der Waals surface area contributed by atoms with Crippen molar-refractivity contribution in [2.75, 3.05) is 6.54 Å². The topological polar surface area (TPSA) is 44.8 Å². The number of halogens is 3. The van der Waals surface area contributed by atoms with E-state index in [-0.39, 0.29) is 18.3 Å². The van der Waals surface area contributed by atoms with E-state index < -0.39 is 11.7 Å². The first kappa shape index (κ1) is 16.6. The summed E-state index contributed by atoms with van der Waals surface area (Å²) in [4.78, 5) is 14.3. The lowest BCUT2D eigenvalue weighted by Crippen LogP contribution is -2.26. The number of fused-ring (bicyclic) bond motifs is 1. The Bertz CT molecular complexity index is 730. The van der Waals surface area contributed by atoms with Crippen LogP contribution >= 0.6 is 0 Å². The molecule has 0 amide bonds. The average molecular weight is 350 g/mol. The van der Waals surface area contributed by atoms with Crippen LogP contribution in [0.15, 0.2) is 18.3 Å². The van der Waals surface area contributed by atoms with Crippen LogP contribution in [0, 0.1) is 0 Å². The Hall–Kier alpha value is -1.89. The maximum atomic E-state index is 13.2. The van der Waals surface area contributed by atoms with Crippen LogP contribution in [0.4, 0.5) is 13.2 Å². The van der Waals surface area contributed by atoms with Gasteiger partial charge in [0.1, 0.15) is 5.82 Å². The minimum atomic E-state index is -4.37. The fourth-order valence-electron chi connectivity index (χ4n) is 3.97. The Morgan fingerprint density at radius 2 is 2.04 bits per heavy atom. The number of aromatic amines is 1. The first-order valence-corrected chi connectivity index (χ1v) is 8.85. The maximum absolute atomic E-state index is 13.2. The molecule has 4 rings (SSSR count). The van der Waals surface area contributed by atoms with Crippen molar-refractivity contribution in [3.8, 4) is 0 Å². The van der Waals surface area contributed by atoms with Crippen molar-refractivity contribution in [3.05, 3.63) is 46.8 Å². The molecule has 7 heteroatoms. The first-order valence-electron chi connectivity index (χ1n) is 8.85. The summed E-state index contributed by atoms with van der Waals surface area (Å²) in [6.07, 6.45) is 3.29. The molecule has 1 fully saturated rings. The summed E-state index contributed by atoms with van der Waals surface area (Å²) in [5, 5.41) is 0. The molecule has 1 unspecified atom stereocenters. The monoisotopic (exact) mass is 350 g/mol. The smallest absolute Gasteiger partial charge is 0.344 e. The lowest BCUT2D eigenvalue weighted by molar-refractivity contribution is -0.138. The molecule has 1 aliphatic carbocycles. The van der Waals surface area contributed by atoms with Crippen molar-refractivity contribution in [1.29, 1.82) is 0 Å². The van der Waals surface area contributed by atoms with Gasteiger partial charge in [-0.3, -0.25) is 9.88 Å². The molecule has 0 radical (unpaired) electrons. The summed E-state index contributed by atoms with van der Waals surface area (Å²) in [7, 11) is 0. The molecule has 2 aromatic heterocycles. The number of alkyl halides is 3. The van der Waals surface area contributed by atoms with Crippen molar-refractivity contribution in [2.24, 2.45) is 0 Å². The standard InChI is InChI=1S/C18H21F3N4/c19-18(20,21)12-5-3-9-22-15(12)11-25-10-4-8-16(25)17-23-13-6-1-2-7-14(13)24-17/h3,5,9,16H,1-2,4,6-8,10-11H2,(H,23,24). The van der Waals surface area contributed by atoms with Gasteiger partial charge in [-0.05, 0) is 57.2 Å². The van der Waals surface area contributed by atoms with Crippen LogP contribution < -0.4 is 0 Å². The van der Waals surface area contributed by atoms with Gasteiger partial charge in [0.05, 0.1) is 23.0 Å². The number of likely N-dealkylation sites (tertiary alicyclic amines) is 1. The Labute approximate surface area is 144 Å². The minimum Gasteiger partial charge on any atom is -0.344 e. The van der Waals surface area contributed by atoms with Gasteiger partial charge in [0, 0.05) is 18.4 Å². The second-order valence-electron chi connectivity index (χ2n) is 6.88. The lowest BCUT2D eigenvalue weighted by Gasteiger charge is -2.24. The van der Waals surface area contributed by atoms with Crippen molar-refractivity contribution >= 4 is 0 Å². The summed E-state index contributed by atoms with van der Waals surface area (Å²) in [5.74, 6) is 0.911. The fraction of sp³-hybridized carbons (Fsp3) is 0.556. The second kappa shape index (κ2) is 6.44. The molecule has 1 aliphatic heterocycles. The highest BCUT2D eigenvalue weighted by molar-refractivity contribution is 5.24. The number of imidazole rings is 1. The number of nitrogens with zero attached hydrogens (tertiary/aromatic N) is 3. The summed E-state index contributed by atoms with van der Waals surface area (Å²) in [6.45, 7) is 0.968. The van der Waals surface area contributed by atoms with Crippen LogP contribution in [-0.2, 0) is 25.6 Å². The van der Waals surface area contributed by atoms with E-state index in [1.807, 2.05) is 0 Å². The van der Waals surface area contributed by atoms with Gasteiger partial charge in [0.2, 0.25) is 0 Å². The van der Waals surface area contributed by atoms with Crippen LogP contribution in [0.1, 0.15) is 60.2 Å². The van der Waals surface area contributed by atoms with Gasteiger partial charge in [0.15, 0.2) is 0 Å². The molecule has 4 nitrogen and oxygen atoms in total. The molecule has 0 aromatic carbocycles. The molecule has 25 heavy (non-hydrogen) atoms. The number of hydrogen-bond acceptors (Lipinski definition) is 3. The van der Waals surface area contributed by atoms with E-state index in [9.17, 15) is 13.2 Å². The fourth-order valence-corrected chi connectivity index (χ4v) is 3.97. The predicted molar refractivity (Wildman–Crippen MR) is 86.9 cm³/mol. The summed E-state index contributed by atoms with van der Waals surface area (Å²) in [5.41, 5.74) is 1.81. The molecule has 1 saturated heterocycles. The molecule has 0 spiro atoms. The van der Waals surface area contributed by atoms with Crippen molar-refractivity contribution in [2.45, 2.75) is 57.3 Å². The third-order valence-corrected chi connectivity index (χ3v) is 5.20. The Kier molecular flexibility index (Phi) is 4.27. The second-order valence-corrected chi connectivity index (χ2v) is 6.88. The molecular weight excluding hydrogens is 329 g/mol. The number of nitrogens with one attached hydrogen (secondary N) is 1. The molecular formula is C18H21F3N4. The Morgan fingerprint density at radius 3 is 2.84 bits per heavy atom. The van der Waals surface area contributed by atoms with Crippen LogP contribution in [0.3, 0.4) is 0 Å². The van der Waals surface area contributed by atoms with Gasteiger partial charge in [-0.1, -0.05) is 0 Å². The van der Waals surface area contributed by atoms with Gasteiger partial charge in [0.25, 0.3) is 0 Å². The van der Waals surface area contributed by atoms with Gasteiger partial charge in [-0.15, -0.1) is 0 Å². The lowest BCUT2D eigenvalue weighted by atomic mass is 10.0. The largest absolute Gasteiger partial charge is 0.418 e. The van der Waals surface area contributed by atoms with E-state index in [0.29, 0.717) is 0 Å². The van der Waals surface area contributed by atoms with Gasteiger partial charge < -0.3 is 4.98 Å². The molecule has 0 bridgehead atoms. The number of aromatic nitrogens is 3. The number of rotatable bonds is 3. The molecule has 0 saturated carbocycles. The van der Waals surface area contributed by atoms with E-state index in [4.69, 9.17) is 4.98 Å². The van der Waals surface area contributed by atoms with Crippen LogP contribution in [0.5, 0.6) is 0 Å². The van der Waals surface area contributed by atoms with Gasteiger partial charge in [-0.25, -0.2) is 4.98 Å². The highest BCUT2D eigenvalue weighted by Crippen LogP contribution is 2.36. The number of H-pyrrole nitrogens is 1. The summed E-state index contributed by atoms with van der Waals surface area (Å²) in [6, 6.07) is 2.50. The molecule has 2 aliphatic rings. The van der Waals surface area contributed by atoms with Crippen LogP contribution in [0.2, 0.25) is 0 Å². The number of aryl methyl sites for hydroxylation is 2. The van der Waals surface area contributed by atoms with Gasteiger partial charge >= 0.3 is 6.18 Å². The van der Waals surface area contributed by atoms with Crippen molar-refractivity contribution in [3.63, 3.8) is 0 Å². The van der Waals surface area contributed by atoms with Crippen LogP contribution in [0.25, 0.3) is 0 Å². The molecule has 1 atom stereocenters. The van der Waals surface area contributed by atoms with E-state index in [0.717, 1.165) is 56.2 Å². The zero-order valence-electron chi connectivity index (χ0n) is 13.9. The third-order valence-electron chi connectivity index (χ3n) is 5.20. The first-order chi connectivity index (χ1) is 12.0. The Morgan fingerprint density at radius 1 is 1.20 bits per heavy atom. The predicted octanol–water partition coefficient (Wildman–Crippen LogP) is 4.04. The zero-order valence-corrected chi connectivity index (χ0v) is 13.9. The SMILES string of the molecule is FC(F)(F)c1cccnc1CN1CCCC1c1nc2c([nH]1)CCCC2. The van der Waals surface area contributed by atoms with E-state index in [1.165, 1.54) is 24.4 Å². The maximum Gasteiger partial charge on any atom is 0.418 e. The molecule has 3 heterocycles. The van der Waals surface area contributed by atoms with Crippen molar-refractivity contribution < 1.29 is 13.2 Å². The molecule has 134 valence electrons. The zero-order chi connectivity index (χ0) is 17.4. The minimum absolute atomic E-state index is 0.0497. The molecule has 2 aromatic rings. The normalized spacial score (nSPS) is 21.5. The number of hydrogen-bond donors (Lipinski definition) is 1. The van der Waals surface area contributed by atoms with Crippen LogP contribution in [-0.4, -0.2) is 26.4 Å².